The van der Waals surface area contributed by atoms with E-state index in [1.165, 1.54) is 0 Å². The van der Waals surface area contributed by atoms with Gasteiger partial charge in [0.2, 0.25) is 0 Å². The number of carbonyl (C=O) groups is 1. The van der Waals surface area contributed by atoms with Crippen molar-refractivity contribution >= 4 is 5.97 Å². The molecular formula is C16H22O4. The Hall–Kier alpha value is -1.71. The van der Waals surface area contributed by atoms with Crippen LogP contribution in [0, 0.1) is 0 Å². The second-order valence-corrected chi connectivity index (χ2v) is 5.24. The Morgan fingerprint density at radius 2 is 2.00 bits per heavy atom. The molecule has 1 saturated carbocycles. The van der Waals surface area contributed by atoms with E-state index in [0.717, 1.165) is 24.8 Å². The van der Waals surface area contributed by atoms with Crippen molar-refractivity contribution in [1.29, 1.82) is 0 Å². The zero-order chi connectivity index (χ0) is 14.6. The maximum Gasteiger partial charge on any atom is 0.314 e. The van der Waals surface area contributed by atoms with Crippen molar-refractivity contribution in [2.45, 2.75) is 44.4 Å². The highest BCUT2D eigenvalue weighted by Crippen LogP contribution is 2.44. The fourth-order valence-electron chi connectivity index (χ4n) is 3.05. The van der Waals surface area contributed by atoms with Gasteiger partial charge in [-0.25, -0.2) is 0 Å². The summed E-state index contributed by atoms with van der Waals surface area (Å²) >= 11 is 0. The Labute approximate surface area is 119 Å². The number of benzene rings is 1. The van der Waals surface area contributed by atoms with Crippen LogP contribution in [0.15, 0.2) is 18.2 Å². The molecule has 4 nitrogen and oxygen atoms in total. The first-order valence-electron chi connectivity index (χ1n) is 7.19. The zero-order valence-electron chi connectivity index (χ0n) is 12.1. The molecule has 110 valence electrons. The van der Waals surface area contributed by atoms with Crippen LogP contribution in [0.2, 0.25) is 0 Å². The molecule has 0 amide bonds. The predicted molar refractivity (Wildman–Crippen MR) is 76.6 cm³/mol. The van der Waals surface area contributed by atoms with Gasteiger partial charge >= 0.3 is 5.97 Å². The van der Waals surface area contributed by atoms with Gasteiger partial charge in [0.05, 0.1) is 19.1 Å². The molecule has 1 aliphatic carbocycles. The molecule has 1 N–H and O–H groups in total. The van der Waals surface area contributed by atoms with Gasteiger partial charge < -0.3 is 14.6 Å². The second-order valence-electron chi connectivity index (χ2n) is 5.24. The minimum absolute atomic E-state index is 0.510. The standard InChI is InChI=1S/C16H22O4/c1-3-20-14-11-12(19-2)7-8-13(14)16(15(17)18)9-5-4-6-10-16/h7-8,11H,3-6,9-10H2,1-2H3,(H,17,18). The molecule has 1 fully saturated rings. The topological polar surface area (TPSA) is 55.8 Å². The molecule has 0 atom stereocenters. The molecule has 0 heterocycles. The lowest BCUT2D eigenvalue weighted by Gasteiger charge is -2.34. The van der Waals surface area contributed by atoms with Crippen LogP contribution in [0.25, 0.3) is 0 Å². The molecule has 1 aliphatic rings. The molecule has 0 bridgehead atoms. The molecule has 2 rings (SSSR count). The molecule has 1 aromatic carbocycles. The Morgan fingerprint density at radius 3 is 2.55 bits per heavy atom. The lowest BCUT2D eigenvalue weighted by Crippen LogP contribution is -2.38. The van der Waals surface area contributed by atoms with Crippen LogP contribution < -0.4 is 9.47 Å². The Balaban J connectivity index is 2.49. The first-order valence-corrected chi connectivity index (χ1v) is 7.19. The Kier molecular flexibility index (Phi) is 4.53. The van der Waals surface area contributed by atoms with Crippen molar-refractivity contribution in [3.05, 3.63) is 23.8 Å². The van der Waals surface area contributed by atoms with E-state index in [1.807, 2.05) is 19.1 Å². The number of hydrogen-bond acceptors (Lipinski definition) is 3. The Bertz CT molecular complexity index is 475. The van der Waals surface area contributed by atoms with Gasteiger partial charge in [0, 0.05) is 11.6 Å². The number of rotatable bonds is 5. The van der Waals surface area contributed by atoms with Gasteiger partial charge in [0.1, 0.15) is 11.5 Å². The number of carboxylic acid groups (broad SMARTS) is 1. The van der Waals surface area contributed by atoms with Gasteiger partial charge in [-0.05, 0) is 25.8 Å². The normalized spacial score (nSPS) is 17.5. The van der Waals surface area contributed by atoms with Crippen LogP contribution in [0.3, 0.4) is 0 Å². The first kappa shape index (κ1) is 14.7. The highest BCUT2D eigenvalue weighted by atomic mass is 16.5. The van der Waals surface area contributed by atoms with E-state index in [1.54, 1.807) is 13.2 Å². The molecule has 4 heteroatoms. The summed E-state index contributed by atoms with van der Waals surface area (Å²) in [6, 6.07) is 5.46. The summed E-state index contributed by atoms with van der Waals surface area (Å²) in [7, 11) is 1.60. The maximum atomic E-state index is 11.9. The van der Waals surface area contributed by atoms with E-state index in [9.17, 15) is 9.90 Å². The second kappa shape index (κ2) is 6.16. The Morgan fingerprint density at radius 1 is 1.30 bits per heavy atom. The summed E-state index contributed by atoms with van der Waals surface area (Å²) in [5.74, 6) is 0.577. The van der Waals surface area contributed by atoms with Crippen LogP contribution in [-0.2, 0) is 10.2 Å². The first-order chi connectivity index (χ1) is 9.64. The van der Waals surface area contributed by atoms with Crippen LogP contribution in [0.1, 0.15) is 44.6 Å². The van der Waals surface area contributed by atoms with Gasteiger partial charge in [0.15, 0.2) is 0 Å². The van der Waals surface area contributed by atoms with Gasteiger partial charge in [0.25, 0.3) is 0 Å². The minimum Gasteiger partial charge on any atom is -0.497 e. The van der Waals surface area contributed by atoms with Gasteiger partial charge in [-0.3, -0.25) is 4.79 Å². The maximum absolute atomic E-state index is 11.9. The fourth-order valence-corrected chi connectivity index (χ4v) is 3.05. The average Bonchev–Trinajstić information content (AvgIpc) is 2.48. The van der Waals surface area contributed by atoms with Crippen molar-refractivity contribution in [2.75, 3.05) is 13.7 Å². The quantitative estimate of drug-likeness (QED) is 0.897. The number of methoxy groups -OCH3 is 1. The molecule has 0 spiro atoms. The molecule has 0 aromatic heterocycles. The number of aliphatic carboxylic acids is 1. The fraction of sp³-hybridized carbons (Fsp3) is 0.562. The van der Waals surface area contributed by atoms with Crippen molar-refractivity contribution < 1.29 is 19.4 Å². The van der Waals surface area contributed by atoms with Crippen molar-refractivity contribution in [2.24, 2.45) is 0 Å². The van der Waals surface area contributed by atoms with Crippen LogP contribution in [-0.4, -0.2) is 24.8 Å². The third kappa shape index (κ3) is 2.60. The lowest BCUT2D eigenvalue weighted by molar-refractivity contribution is -0.145. The monoisotopic (exact) mass is 278 g/mol. The van der Waals surface area contributed by atoms with E-state index >= 15 is 0 Å². The van der Waals surface area contributed by atoms with E-state index in [2.05, 4.69) is 0 Å². The van der Waals surface area contributed by atoms with Gasteiger partial charge in [-0.1, -0.05) is 25.3 Å². The summed E-state index contributed by atoms with van der Waals surface area (Å²) in [4.78, 5) is 11.9. The molecular weight excluding hydrogens is 256 g/mol. The zero-order valence-corrected chi connectivity index (χ0v) is 12.1. The highest BCUT2D eigenvalue weighted by molar-refractivity contribution is 5.82. The lowest BCUT2D eigenvalue weighted by atomic mass is 9.69. The predicted octanol–water partition coefficient (Wildman–Crippen LogP) is 3.38. The number of hydrogen-bond donors (Lipinski definition) is 1. The molecule has 0 unspecified atom stereocenters. The molecule has 20 heavy (non-hydrogen) atoms. The van der Waals surface area contributed by atoms with Crippen molar-refractivity contribution in [1.82, 2.24) is 0 Å². The molecule has 0 aliphatic heterocycles. The third-order valence-electron chi connectivity index (χ3n) is 4.12. The smallest absolute Gasteiger partial charge is 0.314 e. The van der Waals surface area contributed by atoms with Crippen molar-refractivity contribution in [3.63, 3.8) is 0 Å². The van der Waals surface area contributed by atoms with E-state index in [-0.39, 0.29) is 0 Å². The highest BCUT2D eigenvalue weighted by Gasteiger charge is 2.43. The summed E-state index contributed by atoms with van der Waals surface area (Å²) < 4.78 is 10.9. The van der Waals surface area contributed by atoms with E-state index < -0.39 is 11.4 Å². The average molecular weight is 278 g/mol. The summed E-state index contributed by atoms with van der Waals surface area (Å²) in [5.41, 5.74) is -0.0259. The van der Waals surface area contributed by atoms with E-state index in [0.29, 0.717) is 30.9 Å². The number of carboxylic acids is 1. The van der Waals surface area contributed by atoms with Crippen LogP contribution in [0.5, 0.6) is 11.5 Å². The largest absolute Gasteiger partial charge is 0.497 e. The minimum atomic E-state index is -0.810. The summed E-state index contributed by atoms with van der Waals surface area (Å²) in [6.45, 7) is 2.41. The van der Waals surface area contributed by atoms with Gasteiger partial charge in [-0.15, -0.1) is 0 Å². The third-order valence-corrected chi connectivity index (χ3v) is 4.12. The number of ether oxygens (including phenoxy) is 2. The summed E-state index contributed by atoms with van der Waals surface area (Å²) in [5, 5.41) is 9.77. The van der Waals surface area contributed by atoms with Crippen LogP contribution in [0.4, 0.5) is 0 Å². The van der Waals surface area contributed by atoms with E-state index in [4.69, 9.17) is 9.47 Å². The van der Waals surface area contributed by atoms with Crippen molar-refractivity contribution in [3.8, 4) is 11.5 Å². The molecule has 0 saturated heterocycles. The van der Waals surface area contributed by atoms with Gasteiger partial charge in [-0.2, -0.15) is 0 Å². The van der Waals surface area contributed by atoms with Crippen LogP contribution >= 0.6 is 0 Å². The molecule has 1 aromatic rings. The molecule has 0 radical (unpaired) electrons. The summed E-state index contributed by atoms with van der Waals surface area (Å²) in [6.07, 6.45) is 4.35. The SMILES string of the molecule is CCOc1cc(OC)ccc1C1(C(=O)O)CCCCC1.